The number of carbonyl (C=O) groups is 1. The van der Waals surface area contributed by atoms with E-state index in [9.17, 15) is 4.79 Å². The molecule has 2 N–H and O–H groups in total. The highest BCUT2D eigenvalue weighted by atomic mass is 32.2. The number of hydrogen-bond donors (Lipinski definition) is 1. The Morgan fingerprint density at radius 2 is 1.81 bits per heavy atom. The predicted octanol–water partition coefficient (Wildman–Crippen LogP) is 1.33. The van der Waals surface area contributed by atoms with Crippen LogP contribution in [0.4, 0.5) is 0 Å². The molecule has 0 aliphatic carbocycles. The summed E-state index contributed by atoms with van der Waals surface area (Å²) in [5.74, 6) is -0.124. The lowest BCUT2D eigenvalue weighted by molar-refractivity contribution is -0.144. The molecule has 0 atom stereocenters. The van der Waals surface area contributed by atoms with Gasteiger partial charge in [0.1, 0.15) is 0 Å². The highest BCUT2D eigenvalue weighted by Gasteiger charge is 2.19. The van der Waals surface area contributed by atoms with Crippen molar-refractivity contribution in [2.75, 3.05) is 39.3 Å². The Bertz CT molecular complexity index is 445. The van der Waals surface area contributed by atoms with Crippen LogP contribution in [0, 0.1) is 0 Å². The Morgan fingerprint density at radius 1 is 1.19 bits per heavy atom. The van der Waals surface area contributed by atoms with Crippen LogP contribution in [0.1, 0.15) is 12.5 Å². The van der Waals surface area contributed by atoms with Crippen LogP contribution >= 0.6 is 11.9 Å². The molecule has 5 nitrogen and oxygen atoms in total. The maximum absolute atomic E-state index is 11.5. The smallest absolute Gasteiger partial charge is 0.320 e. The second-order valence-electron chi connectivity index (χ2n) is 5.12. The number of rotatable bonds is 6. The highest BCUT2D eigenvalue weighted by molar-refractivity contribution is 7.97. The Kier molecular flexibility index (Phi) is 6.50. The number of hydrogen-bond acceptors (Lipinski definition) is 6. The summed E-state index contributed by atoms with van der Waals surface area (Å²) in [6, 6.07) is 8.36. The van der Waals surface area contributed by atoms with Crippen molar-refractivity contribution in [3.63, 3.8) is 0 Å². The summed E-state index contributed by atoms with van der Waals surface area (Å²) < 4.78 is 4.98. The number of nitrogens with zero attached hydrogens (tertiary/aromatic N) is 2. The third-order valence-electron chi connectivity index (χ3n) is 3.59. The van der Waals surface area contributed by atoms with Crippen molar-refractivity contribution in [1.29, 1.82) is 0 Å². The van der Waals surface area contributed by atoms with Gasteiger partial charge in [-0.3, -0.25) is 19.7 Å². The van der Waals surface area contributed by atoms with Gasteiger partial charge in [-0.15, -0.1) is 0 Å². The maximum Gasteiger partial charge on any atom is 0.320 e. The van der Waals surface area contributed by atoms with E-state index in [0.29, 0.717) is 13.2 Å². The first-order valence-electron chi connectivity index (χ1n) is 7.27. The first-order chi connectivity index (χ1) is 10.2. The Hall–Kier alpha value is -1.08. The van der Waals surface area contributed by atoms with E-state index in [2.05, 4.69) is 34.1 Å². The third kappa shape index (κ3) is 5.32. The zero-order valence-electron chi connectivity index (χ0n) is 12.5. The van der Waals surface area contributed by atoms with Gasteiger partial charge in [0.05, 0.1) is 13.2 Å². The Balaban J connectivity index is 1.74. The molecule has 0 amide bonds. The summed E-state index contributed by atoms with van der Waals surface area (Å²) in [5.41, 5.74) is 1.30. The van der Waals surface area contributed by atoms with Gasteiger partial charge in [-0.25, -0.2) is 0 Å². The van der Waals surface area contributed by atoms with E-state index in [1.54, 1.807) is 0 Å². The fourth-order valence-corrected chi connectivity index (χ4v) is 2.72. The van der Waals surface area contributed by atoms with Crippen LogP contribution in [0.5, 0.6) is 0 Å². The van der Waals surface area contributed by atoms with Crippen LogP contribution in [-0.2, 0) is 16.1 Å². The van der Waals surface area contributed by atoms with Crippen molar-refractivity contribution < 1.29 is 9.53 Å². The van der Waals surface area contributed by atoms with Crippen LogP contribution < -0.4 is 5.14 Å². The van der Waals surface area contributed by atoms with Gasteiger partial charge >= 0.3 is 5.97 Å². The summed E-state index contributed by atoms with van der Waals surface area (Å²) in [4.78, 5) is 17.1. The van der Waals surface area contributed by atoms with Crippen molar-refractivity contribution in [2.45, 2.75) is 18.4 Å². The summed E-state index contributed by atoms with van der Waals surface area (Å²) in [5, 5.41) is 5.52. The van der Waals surface area contributed by atoms with Crippen molar-refractivity contribution in [2.24, 2.45) is 5.14 Å². The normalized spacial score (nSPS) is 16.9. The van der Waals surface area contributed by atoms with Gasteiger partial charge in [-0.05, 0) is 36.6 Å². The van der Waals surface area contributed by atoms with Gasteiger partial charge in [0, 0.05) is 37.6 Å². The van der Waals surface area contributed by atoms with Gasteiger partial charge in [-0.1, -0.05) is 12.1 Å². The van der Waals surface area contributed by atoms with Crippen molar-refractivity contribution >= 4 is 17.9 Å². The van der Waals surface area contributed by atoms with Gasteiger partial charge in [0.25, 0.3) is 0 Å². The summed E-state index contributed by atoms with van der Waals surface area (Å²) in [7, 11) is 0. The lowest BCUT2D eigenvalue weighted by atomic mass is 10.2. The quantitative estimate of drug-likeness (QED) is 0.632. The van der Waals surface area contributed by atoms with E-state index >= 15 is 0 Å². The average Bonchev–Trinajstić information content (AvgIpc) is 2.50. The fraction of sp³-hybridized carbons (Fsp3) is 0.533. The van der Waals surface area contributed by atoms with E-state index in [-0.39, 0.29) is 5.97 Å². The maximum atomic E-state index is 11.5. The number of ether oxygens (including phenoxy) is 1. The second-order valence-corrected chi connectivity index (χ2v) is 5.83. The molecule has 1 fully saturated rings. The second kappa shape index (κ2) is 8.38. The van der Waals surface area contributed by atoms with Gasteiger partial charge in [0.15, 0.2) is 0 Å². The molecule has 1 aliphatic rings. The summed E-state index contributed by atoms with van der Waals surface area (Å²) in [6.45, 7) is 7.43. The lowest BCUT2D eigenvalue weighted by Crippen LogP contribution is -2.47. The molecular formula is C15H23N3O2S. The summed E-state index contributed by atoms with van der Waals surface area (Å²) >= 11 is 1.27. The molecule has 0 saturated carbocycles. The molecule has 0 aromatic heterocycles. The molecule has 0 spiro atoms. The van der Waals surface area contributed by atoms with Gasteiger partial charge in [0.2, 0.25) is 0 Å². The van der Waals surface area contributed by atoms with Crippen LogP contribution in [0.2, 0.25) is 0 Å². The zero-order valence-corrected chi connectivity index (χ0v) is 13.3. The molecule has 1 aromatic carbocycles. The SMILES string of the molecule is CCOC(=O)CN1CCN(Cc2ccc(SN)cc2)CC1. The first-order valence-corrected chi connectivity index (χ1v) is 8.15. The van der Waals surface area contributed by atoms with E-state index in [1.807, 2.05) is 6.92 Å². The van der Waals surface area contributed by atoms with Crippen molar-refractivity contribution in [3.05, 3.63) is 29.8 Å². The molecule has 1 aromatic rings. The van der Waals surface area contributed by atoms with Crippen LogP contribution in [0.3, 0.4) is 0 Å². The molecule has 116 valence electrons. The van der Waals surface area contributed by atoms with Crippen molar-refractivity contribution in [1.82, 2.24) is 9.80 Å². The van der Waals surface area contributed by atoms with Crippen LogP contribution in [0.25, 0.3) is 0 Å². The number of nitrogens with two attached hydrogens (primary N) is 1. The molecule has 21 heavy (non-hydrogen) atoms. The van der Waals surface area contributed by atoms with E-state index in [0.717, 1.165) is 37.6 Å². The monoisotopic (exact) mass is 309 g/mol. The Morgan fingerprint density at radius 3 is 2.38 bits per heavy atom. The summed E-state index contributed by atoms with van der Waals surface area (Å²) in [6.07, 6.45) is 0. The fourth-order valence-electron chi connectivity index (χ4n) is 2.43. The largest absolute Gasteiger partial charge is 0.465 e. The van der Waals surface area contributed by atoms with E-state index in [1.165, 1.54) is 17.5 Å². The zero-order chi connectivity index (χ0) is 15.1. The number of esters is 1. The standard InChI is InChI=1S/C15H23N3O2S/c1-2-20-15(19)12-18-9-7-17(8-10-18)11-13-3-5-14(21-16)6-4-13/h3-6H,2,7-12,16H2,1H3. The number of benzene rings is 1. The molecule has 0 radical (unpaired) electrons. The van der Waals surface area contributed by atoms with Crippen molar-refractivity contribution in [3.8, 4) is 0 Å². The molecule has 0 bridgehead atoms. The van der Waals surface area contributed by atoms with Crippen LogP contribution in [-0.4, -0.2) is 55.1 Å². The molecule has 6 heteroatoms. The minimum Gasteiger partial charge on any atom is -0.465 e. The molecule has 0 unspecified atom stereocenters. The average molecular weight is 309 g/mol. The Labute approximate surface area is 130 Å². The van der Waals surface area contributed by atoms with E-state index in [4.69, 9.17) is 9.88 Å². The molecular weight excluding hydrogens is 286 g/mol. The van der Waals surface area contributed by atoms with E-state index < -0.39 is 0 Å². The third-order valence-corrected chi connectivity index (χ3v) is 4.13. The molecule has 2 rings (SSSR count). The molecule has 1 saturated heterocycles. The topological polar surface area (TPSA) is 58.8 Å². The molecule has 1 aliphatic heterocycles. The number of piperazine rings is 1. The predicted molar refractivity (Wildman–Crippen MR) is 84.8 cm³/mol. The lowest BCUT2D eigenvalue weighted by Gasteiger charge is -2.34. The van der Waals surface area contributed by atoms with Gasteiger partial charge in [-0.2, -0.15) is 0 Å². The number of carbonyl (C=O) groups excluding carboxylic acids is 1. The minimum atomic E-state index is -0.124. The first kappa shape index (κ1) is 16.3. The highest BCUT2D eigenvalue weighted by Crippen LogP contribution is 2.14. The van der Waals surface area contributed by atoms with Crippen LogP contribution in [0.15, 0.2) is 29.2 Å². The van der Waals surface area contributed by atoms with Gasteiger partial charge < -0.3 is 4.74 Å². The minimum absolute atomic E-state index is 0.124. The molecule has 1 heterocycles.